The van der Waals surface area contributed by atoms with Gasteiger partial charge in [0.1, 0.15) is 5.69 Å². The Bertz CT molecular complexity index is 586. The van der Waals surface area contributed by atoms with Crippen LogP contribution < -0.4 is 0 Å². The van der Waals surface area contributed by atoms with Crippen LogP contribution in [0, 0.1) is 17.8 Å². The molecule has 4 rings (SSSR count). The monoisotopic (exact) mass is 314 g/mol. The van der Waals surface area contributed by atoms with Crippen LogP contribution in [0.2, 0.25) is 0 Å². The first kappa shape index (κ1) is 14.6. The van der Waals surface area contributed by atoms with Crippen LogP contribution >= 0.6 is 0 Å². The standard InChI is InChI=1S/C17H22N4O2/c22-16(14-11-18-5-6-19-14)20-7-9-21(10-8-20)17(23)15-12-3-1-2-4-13(12)15/h5-6,11-13,15H,1-4,7-10H2/t12-,13-/m0/s1. The van der Waals surface area contributed by atoms with Crippen molar-refractivity contribution in [3.63, 3.8) is 0 Å². The summed E-state index contributed by atoms with van der Waals surface area (Å²) in [7, 11) is 0. The van der Waals surface area contributed by atoms with E-state index in [1.807, 2.05) is 4.90 Å². The predicted octanol–water partition coefficient (Wildman–Crippen LogP) is 1.20. The predicted molar refractivity (Wildman–Crippen MR) is 83.5 cm³/mol. The zero-order valence-corrected chi connectivity index (χ0v) is 13.2. The number of hydrogen-bond acceptors (Lipinski definition) is 4. The first-order chi connectivity index (χ1) is 11.3. The number of carbonyl (C=O) groups is 2. The molecule has 122 valence electrons. The van der Waals surface area contributed by atoms with Crippen LogP contribution in [0.5, 0.6) is 0 Å². The summed E-state index contributed by atoms with van der Waals surface area (Å²) in [6.07, 6.45) is 9.61. The minimum Gasteiger partial charge on any atom is -0.339 e. The van der Waals surface area contributed by atoms with E-state index in [0.29, 0.717) is 49.6 Å². The average Bonchev–Trinajstić information content (AvgIpc) is 3.36. The van der Waals surface area contributed by atoms with Crippen LogP contribution in [-0.2, 0) is 4.79 Å². The van der Waals surface area contributed by atoms with Crippen molar-refractivity contribution in [2.75, 3.05) is 26.2 Å². The molecule has 2 saturated carbocycles. The van der Waals surface area contributed by atoms with Crippen molar-refractivity contribution in [1.82, 2.24) is 19.8 Å². The molecule has 0 aromatic carbocycles. The Morgan fingerprint density at radius 2 is 1.61 bits per heavy atom. The van der Waals surface area contributed by atoms with Gasteiger partial charge in [0.25, 0.3) is 5.91 Å². The van der Waals surface area contributed by atoms with Gasteiger partial charge in [-0.25, -0.2) is 4.98 Å². The number of piperazine rings is 1. The maximum absolute atomic E-state index is 12.7. The summed E-state index contributed by atoms with van der Waals surface area (Å²) in [6.45, 7) is 2.45. The van der Waals surface area contributed by atoms with Crippen LogP contribution in [0.15, 0.2) is 18.6 Å². The van der Waals surface area contributed by atoms with E-state index in [0.717, 1.165) is 0 Å². The lowest BCUT2D eigenvalue weighted by Gasteiger charge is -2.34. The number of nitrogens with zero attached hydrogens (tertiary/aromatic N) is 4. The molecule has 1 aromatic heterocycles. The minimum absolute atomic E-state index is 0.0923. The molecular formula is C17H22N4O2. The van der Waals surface area contributed by atoms with Crippen molar-refractivity contribution < 1.29 is 9.59 Å². The third kappa shape index (κ3) is 2.71. The Balaban J connectivity index is 1.33. The normalized spacial score (nSPS) is 29.8. The number of rotatable bonds is 2. The lowest BCUT2D eigenvalue weighted by molar-refractivity contribution is -0.134. The summed E-state index contributed by atoms with van der Waals surface area (Å²) in [6, 6.07) is 0. The SMILES string of the molecule is O=C(c1cnccn1)N1CCN(C(=O)C2[C@H]3CCCC[C@H]23)CC1. The third-order valence-electron chi connectivity index (χ3n) is 5.60. The van der Waals surface area contributed by atoms with Crippen molar-refractivity contribution in [2.45, 2.75) is 25.7 Å². The maximum Gasteiger partial charge on any atom is 0.274 e. The second-order valence-electron chi connectivity index (χ2n) is 6.85. The molecule has 6 heteroatoms. The van der Waals surface area contributed by atoms with E-state index in [-0.39, 0.29) is 11.8 Å². The largest absolute Gasteiger partial charge is 0.339 e. The number of hydrogen-bond donors (Lipinski definition) is 0. The van der Waals surface area contributed by atoms with Crippen LogP contribution in [0.25, 0.3) is 0 Å². The molecule has 2 heterocycles. The van der Waals surface area contributed by atoms with E-state index >= 15 is 0 Å². The summed E-state index contributed by atoms with van der Waals surface area (Å²) in [5, 5.41) is 0. The lowest BCUT2D eigenvalue weighted by atomic mass is 10.0. The number of carbonyl (C=O) groups excluding carboxylic acids is 2. The molecule has 0 spiro atoms. The topological polar surface area (TPSA) is 66.4 Å². The summed E-state index contributed by atoms with van der Waals surface area (Å²) in [5.41, 5.74) is 0.375. The molecule has 2 aliphatic carbocycles. The molecule has 1 saturated heterocycles. The van der Waals surface area contributed by atoms with Gasteiger partial charge in [0.2, 0.25) is 5.91 Å². The van der Waals surface area contributed by atoms with Gasteiger partial charge in [-0.3, -0.25) is 14.6 Å². The van der Waals surface area contributed by atoms with E-state index in [2.05, 4.69) is 9.97 Å². The molecule has 0 bridgehead atoms. The minimum atomic E-state index is -0.0923. The fourth-order valence-electron chi connectivity index (χ4n) is 4.27. The van der Waals surface area contributed by atoms with Crippen molar-refractivity contribution in [1.29, 1.82) is 0 Å². The summed E-state index contributed by atoms with van der Waals surface area (Å²) in [4.78, 5) is 36.8. The van der Waals surface area contributed by atoms with E-state index in [1.165, 1.54) is 38.1 Å². The van der Waals surface area contributed by atoms with E-state index in [9.17, 15) is 9.59 Å². The van der Waals surface area contributed by atoms with Crippen LogP contribution in [0.4, 0.5) is 0 Å². The van der Waals surface area contributed by atoms with Crippen LogP contribution in [-0.4, -0.2) is 57.8 Å². The summed E-state index contributed by atoms with van der Waals surface area (Å²) < 4.78 is 0. The Hall–Kier alpha value is -1.98. The zero-order chi connectivity index (χ0) is 15.8. The van der Waals surface area contributed by atoms with E-state index in [1.54, 1.807) is 11.1 Å². The fraction of sp³-hybridized carbons (Fsp3) is 0.647. The van der Waals surface area contributed by atoms with Gasteiger partial charge < -0.3 is 9.80 Å². The Morgan fingerprint density at radius 1 is 0.957 bits per heavy atom. The second kappa shape index (κ2) is 5.91. The molecule has 0 unspecified atom stereocenters. The number of amides is 2. The number of fused-ring (bicyclic) bond motifs is 1. The van der Waals surface area contributed by atoms with E-state index < -0.39 is 0 Å². The quantitative estimate of drug-likeness (QED) is 0.822. The fourth-order valence-corrected chi connectivity index (χ4v) is 4.27. The molecule has 3 aliphatic rings. The highest BCUT2D eigenvalue weighted by Crippen LogP contribution is 2.56. The molecule has 3 fully saturated rings. The average molecular weight is 314 g/mol. The van der Waals surface area contributed by atoms with Gasteiger partial charge in [-0.1, -0.05) is 12.8 Å². The Morgan fingerprint density at radius 3 is 2.22 bits per heavy atom. The maximum atomic E-state index is 12.7. The van der Waals surface area contributed by atoms with Gasteiger partial charge in [-0.2, -0.15) is 0 Å². The summed E-state index contributed by atoms with van der Waals surface area (Å²) >= 11 is 0. The van der Waals surface area contributed by atoms with Crippen LogP contribution in [0.1, 0.15) is 36.2 Å². The highest BCUT2D eigenvalue weighted by atomic mass is 16.2. The lowest BCUT2D eigenvalue weighted by Crippen LogP contribution is -2.51. The van der Waals surface area contributed by atoms with Crippen molar-refractivity contribution in [3.8, 4) is 0 Å². The molecule has 2 amide bonds. The molecule has 6 nitrogen and oxygen atoms in total. The molecular weight excluding hydrogens is 292 g/mol. The molecule has 0 N–H and O–H groups in total. The smallest absolute Gasteiger partial charge is 0.274 e. The van der Waals surface area contributed by atoms with Crippen molar-refractivity contribution in [2.24, 2.45) is 17.8 Å². The van der Waals surface area contributed by atoms with Crippen LogP contribution in [0.3, 0.4) is 0 Å². The van der Waals surface area contributed by atoms with E-state index in [4.69, 9.17) is 0 Å². The molecule has 1 aliphatic heterocycles. The highest BCUT2D eigenvalue weighted by Gasteiger charge is 2.55. The number of aromatic nitrogens is 2. The third-order valence-corrected chi connectivity index (χ3v) is 5.60. The molecule has 2 atom stereocenters. The molecule has 23 heavy (non-hydrogen) atoms. The van der Waals surface area contributed by atoms with Gasteiger partial charge in [-0.05, 0) is 24.7 Å². The Kier molecular flexibility index (Phi) is 3.75. The highest BCUT2D eigenvalue weighted by molar-refractivity contribution is 5.92. The summed E-state index contributed by atoms with van der Waals surface area (Å²) in [5.74, 6) is 1.81. The first-order valence-electron chi connectivity index (χ1n) is 8.60. The van der Waals surface area contributed by atoms with Gasteiger partial charge >= 0.3 is 0 Å². The van der Waals surface area contributed by atoms with Gasteiger partial charge in [-0.15, -0.1) is 0 Å². The molecule has 0 radical (unpaired) electrons. The van der Waals surface area contributed by atoms with Gasteiger partial charge in [0, 0.05) is 44.5 Å². The van der Waals surface area contributed by atoms with Crippen molar-refractivity contribution in [3.05, 3.63) is 24.3 Å². The second-order valence-corrected chi connectivity index (χ2v) is 6.85. The van der Waals surface area contributed by atoms with Crippen molar-refractivity contribution >= 4 is 11.8 Å². The van der Waals surface area contributed by atoms with Gasteiger partial charge in [0.05, 0.1) is 6.20 Å². The molecule has 1 aromatic rings. The Labute approximate surface area is 135 Å². The zero-order valence-electron chi connectivity index (χ0n) is 13.2. The van der Waals surface area contributed by atoms with Gasteiger partial charge in [0.15, 0.2) is 0 Å². The first-order valence-corrected chi connectivity index (χ1v) is 8.60.